The van der Waals surface area contributed by atoms with Crippen molar-refractivity contribution in [2.45, 2.75) is 13.1 Å². The number of pyridine rings is 1. The van der Waals surface area contributed by atoms with Gasteiger partial charge >= 0.3 is 12.1 Å². The van der Waals surface area contributed by atoms with Crippen molar-refractivity contribution in [3.63, 3.8) is 0 Å². The van der Waals surface area contributed by atoms with Gasteiger partial charge in [-0.2, -0.15) is 23.3 Å². The lowest BCUT2D eigenvalue weighted by Crippen LogP contribution is -2.39. The summed E-state index contributed by atoms with van der Waals surface area (Å²) < 4.78 is 65.7. The molecule has 1 aromatic carbocycles. The maximum absolute atomic E-state index is 13.7. The van der Waals surface area contributed by atoms with Gasteiger partial charge in [-0.1, -0.05) is 11.6 Å². The number of methoxy groups -OCH3 is 1. The largest absolute Gasteiger partial charge is 0.465 e. The molecule has 0 radical (unpaired) electrons. The Kier molecular flexibility index (Phi) is 9.27. The molecule has 2 N–H and O–H groups in total. The Morgan fingerprint density at radius 3 is 2.59 bits per heavy atom. The van der Waals surface area contributed by atoms with Crippen molar-refractivity contribution in [3.8, 4) is 16.9 Å². The molecule has 0 atom stereocenters. The van der Waals surface area contributed by atoms with Crippen LogP contribution in [0.15, 0.2) is 42.7 Å². The Bertz CT molecular complexity index is 1660. The molecule has 44 heavy (non-hydrogen) atoms. The fourth-order valence-electron chi connectivity index (χ4n) is 4.50. The van der Waals surface area contributed by atoms with Crippen molar-refractivity contribution in [1.82, 2.24) is 29.6 Å². The number of benzene rings is 1. The first-order valence-corrected chi connectivity index (χ1v) is 13.8. The number of nitrogens with one attached hydrogen (secondary N) is 2. The van der Waals surface area contributed by atoms with E-state index in [1.807, 2.05) is 0 Å². The number of esters is 1. The summed E-state index contributed by atoms with van der Waals surface area (Å²) >= 11 is 5.88. The summed E-state index contributed by atoms with van der Waals surface area (Å²) in [6.45, 7) is 5.52. The Morgan fingerprint density at radius 1 is 1.14 bits per heavy atom. The van der Waals surface area contributed by atoms with Crippen LogP contribution in [0.5, 0.6) is 0 Å². The quantitative estimate of drug-likeness (QED) is 0.190. The normalized spacial score (nSPS) is 14.0. The smallest absolute Gasteiger partial charge is 0.435 e. The number of alkyl halides is 3. The van der Waals surface area contributed by atoms with Crippen LogP contribution in [0.4, 0.5) is 35.0 Å². The molecular formula is C28H27ClF4N8O3. The van der Waals surface area contributed by atoms with E-state index < -0.39 is 23.7 Å². The highest BCUT2D eigenvalue weighted by Crippen LogP contribution is 2.33. The molecule has 0 amide bonds. The first kappa shape index (κ1) is 31.1. The van der Waals surface area contributed by atoms with Crippen LogP contribution < -0.4 is 10.6 Å². The van der Waals surface area contributed by atoms with Gasteiger partial charge in [0.25, 0.3) is 0 Å². The first-order chi connectivity index (χ1) is 21.0. The fraction of sp³-hybridized carbons (Fsp3) is 0.321. The van der Waals surface area contributed by atoms with E-state index in [0.717, 1.165) is 29.9 Å². The topological polar surface area (TPSA) is 119 Å². The summed E-state index contributed by atoms with van der Waals surface area (Å²) in [5.41, 5.74) is 0.00643. The molecule has 1 aliphatic rings. The van der Waals surface area contributed by atoms with Gasteiger partial charge in [0, 0.05) is 61.1 Å². The van der Waals surface area contributed by atoms with Crippen molar-refractivity contribution in [1.29, 1.82) is 0 Å². The van der Waals surface area contributed by atoms with Crippen LogP contribution >= 0.6 is 11.6 Å². The summed E-state index contributed by atoms with van der Waals surface area (Å²) in [6.07, 6.45) is -1.90. The van der Waals surface area contributed by atoms with E-state index in [1.165, 1.54) is 44.6 Å². The lowest BCUT2D eigenvalue weighted by atomic mass is 10.1. The Morgan fingerprint density at radius 2 is 1.91 bits per heavy atom. The number of carbonyl (C=O) groups excluding carboxylic acids is 1. The maximum atomic E-state index is 13.7. The molecule has 11 nitrogen and oxygen atoms in total. The number of aromatic nitrogens is 5. The molecule has 5 rings (SSSR count). The maximum Gasteiger partial charge on any atom is 0.435 e. The van der Waals surface area contributed by atoms with Crippen LogP contribution in [0.1, 0.15) is 21.7 Å². The molecule has 0 spiro atoms. The van der Waals surface area contributed by atoms with Gasteiger partial charge in [0.2, 0.25) is 5.95 Å². The molecule has 0 aliphatic carbocycles. The number of ether oxygens (including phenoxy) is 2. The lowest BCUT2D eigenvalue weighted by Gasteiger charge is -2.26. The van der Waals surface area contributed by atoms with Crippen molar-refractivity contribution >= 4 is 35.0 Å². The SMILES string of the molecule is COC(=O)c1cc(-c2cnc(Nc3ccc(F)c(Cl)c3)nc2-n2nc(C(F)(F)F)cc2C)cnc1NCCN1CCOCC1. The third kappa shape index (κ3) is 7.06. The molecule has 1 saturated heterocycles. The minimum absolute atomic E-state index is 0.0302. The molecule has 0 saturated carbocycles. The summed E-state index contributed by atoms with van der Waals surface area (Å²) in [4.78, 5) is 28.1. The first-order valence-electron chi connectivity index (χ1n) is 13.4. The van der Waals surface area contributed by atoms with Gasteiger partial charge in [-0.15, -0.1) is 0 Å². The van der Waals surface area contributed by atoms with Crippen LogP contribution in [0.3, 0.4) is 0 Å². The summed E-state index contributed by atoms with van der Waals surface area (Å²) in [7, 11) is 1.23. The van der Waals surface area contributed by atoms with Crippen molar-refractivity contribution < 1.29 is 31.8 Å². The zero-order valence-electron chi connectivity index (χ0n) is 23.6. The van der Waals surface area contributed by atoms with Gasteiger partial charge in [-0.25, -0.2) is 23.8 Å². The number of nitrogens with zero attached hydrogens (tertiary/aromatic N) is 6. The van der Waals surface area contributed by atoms with Gasteiger partial charge in [-0.05, 0) is 37.3 Å². The summed E-state index contributed by atoms with van der Waals surface area (Å²) in [5.74, 6) is -1.09. The summed E-state index contributed by atoms with van der Waals surface area (Å²) in [5, 5.41) is 9.63. The third-order valence-electron chi connectivity index (χ3n) is 6.75. The highest BCUT2D eigenvalue weighted by atomic mass is 35.5. The molecule has 0 bridgehead atoms. The number of anilines is 3. The Balaban J connectivity index is 1.53. The standard InChI is InChI=1S/C28H27ClF4N8O3/c1-16-11-23(28(31,32)33)39-41(16)25-20(15-36-27(38-25)37-18-3-4-22(30)21(29)13-18)17-12-19(26(42)43-2)24(35-14-17)34-5-6-40-7-9-44-10-8-40/h3-4,11-15H,5-10H2,1-2H3,(H,34,35)(H,36,37,38). The minimum Gasteiger partial charge on any atom is -0.465 e. The average molecular weight is 635 g/mol. The molecule has 16 heteroatoms. The van der Waals surface area contributed by atoms with Crippen molar-refractivity contribution in [2.75, 3.05) is 57.1 Å². The number of morpholine rings is 1. The Labute approximate surface area is 254 Å². The van der Waals surface area contributed by atoms with Crippen LogP contribution in [0, 0.1) is 12.7 Å². The van der Waals surface area contributed by atoms with Gasteiger partial charge in [0.15, 0.2) is 11.5 Å². The van der Waals surface area contributed by atoms with E-state index in [9.17, 15) is 22.4 Å². The van der Waals surface area contributed by atoms with Gasteiger partial charge in [0.1, 0.15) is 17.2 Å². The average Bonchev–Trinajstić information content (AvgIpc) is 3.41. The monoisotopic (exact) mass is 634 g/mol. The second-order valence-electron chi connectivity index (χ2n) is 9.76. The molecule has 3 aromatic heterocycles. The molecule has 4 aromatic rings. The van der Waals surface area contributed by atoms with E-state index in [1.54, 1.807) is 0 Å². The van der Waals surface area contributed by atoms with Crippen LogP contribution in [0.25, 0.3) is 16.9 Å². The van der Waals surface area contributed by atoms with Crippen molar-refractivity contribution in [2.24, 2.45) is 0 Å². The van der Waals surface area contributed by atoms with Gasteiger partial charge in [0.05, 0.1) is 25.3 Å². The molecule has 1 aliphatic heterocycles. The molecule has 232 valence electrons. The van der Waals surface area contributed by atoms with E-state index in [0.29, 0.717) is 37.6 Å². The predicted octanol–water partition coefficient (Wildman–Crippen LogP) is 5.12. The number of hydrogen-bond donors (Lipinski definition) is 2. The zero-order chi connectivity index (χ0) is 31.4. The third-order valence-corrected chi connectivity index (χ3v) is 7.04. The molecular weight excluding hydrogens is 608 g/mol. The van der Waals surface area contributed by atoms with Gasteiger partial charge < -0.3 is 20.1 Å². The minimum atomic E-state index is -4.71. The number of hydrogen-bond acceptors (Lipinski definition) is 10. The number of halogens is 5. The number of rotatable bonds is 9. The molecule has 0 unspecified atom stereocenters. The van der Waals surface area contributed by atoms with E-state index in [-0.39, 0.29) is 39.4 Å². The van der Waals surface area contributed by atoms with Crippen molar-refractivity contribution in [3.05, 3.63) is 70.5 Å². The van der Waals surface area contributed by atoms with Crippen LogP contribution in [-0.4, -0.2) is 82.1 Å². The predicted molar refractivity (Wildman–Crippen MR) is 154 cm³/mol. The highest BCUT2D eigenvalue weighted by molar-refractivity contribution is 6.31. The lowest BCUT2D eigenvalue weighted by molar-refractivity contribution is -0.141. The second-order valence-corrected chi connectivity index (χ2v) is 10.2. The van der Waals surface area contributed by atoms with Crippen LogP contribution in [-0.2, 0) is 15.7 Å². The highest BCUT2D eigenvalue weighted by Gasteiger charge is 2.35. The summed E-state index contributed by atoms with van der Waals surface area (Å²) in [6, 6.07) is 6.24. The van der Waals surface area contributed by atoms with Gasteiger partial charge in [-0.3, -0.25) is 4.90 Å². The fourth-order valence-corrected chi connectivity index (χ4v) is 4.68. The van der Waals surface area contributed by atoms with E-state index in [4.69, 9.17) is 21.1 Å². The number of aryl methyl sites for hydroxylation is 1. The van der Waals surface area contributed by atoms with E-state index in [2.05, 4.69) is 35.6 Å². The Hall–Kier alpha value is -4.34. The second kappa shape index (κ2) is 13.1. The van der Waals surface area contributed by atoms with Crippen LogP contribution in [0.2, 0.25) is 5.02 Å². The molecule has 1 fully saturated rings. The number of carbonyl (C=O) groups is 1. The van der Waals surface area contributed by atoms with E-state index >= 15 is 0 Å². The molecule has 4 heterocycles. The zero-order valence-corrected chi connectivity index (χ0v) is 24.3.